The number of rotatable bonds is 5. The van der Waals surface area contributed by atoms with Crippen LogP contribution in [0.25, 0.3) is 10.8 Å². The van der Waals surface area contributed by atoms with E-state index in [1.54, 1.807) is 0 Å². The highest BCUT2D eigenvalue weighted by molar-refractivity contribution is 6.31. The molecule has 2 amide bonds. The monoisotopic (exact) mass is 434 g/mol. The maximum Gasteiger partial charge on any atom is 0.300 e. The second-order valence-corrected chi connectivity index (χ2v) is 7.89. The van der Waals surface area contributed by atoms with Crippen LogP contribution in [0.15, 0.2) is 108 Å². The molecule has 1 aliphatic heterocycles. The van der Waals surface area contributed by atoms with E-state index in [1.165, 1.54) is 11.9 Å². The summed E-state index contributed by atoms with van der Waals surface area (Å²) >= 11 is 0. The number of carbonyl (C=O) groups is 2. The molecule has 162 valence electrons. The fourth-order valence-electron chi connectivity index (χ4n) is 4.09. The number of fused-ring (bicyclic) bond motifs is 1. The van der Waals surface area contributed by atoms with Gasteiger partial charge in [0.2, 0.25) is 11.6 Å². The molecule has 0 spiro atoms. The van der Waals surface area contributed by atoms with Gasteiger partial charge in [-0.25, -0.2) is 0 Å². The number of carbonyl (C=O) groups excluding carboxylic acids is 2. The predicted octanol–water partition coefficient (Wildman–Crippen LogP) is 4.54. The minimum absolute atomic E-state index is 0.352. The first-order chi connectivity index (χ1) is 16.1. The molecule has 6 nitrogen and oxygen atoms in total. The van der Waals surface area contributed by atoms with Crippen molar-refractivity contribution in [1.29, 1.82) is 0 Å². The average molecular weight is 434 g/mol. The Bertz CT molecular complexity index is 1370. The maximum atomic E-state index is 13.9. The first kappa shape index (κ1) is 20.5. The number of nitrogens with zero attached hydrogens (tertiary/aromatic N) is 2. The molecule has 0 saturated heterocycles. The number of amides is 2. The summed E-state index contributed by atoms with van der Waals surface area (Å²) < 4.78 is 0. The molecular formula is C27H22N4O2. The molecule has 1 atom stereocenters. The Kier molecular flexibility index (Phi) is 5.11. The molecule has 5 rings (SSSR count). The van der Waals surface area contributed by atoms with Gasteiger partial charge in [-0.3, -0.25) is 9.59 Å². The van der Waals surface area contributed by atoms with Crippen molar-refractivity contribution in [2.45, 2.75) is 12.6 Å². The third-order valence-corrected chi connectivity index (χ3v) is 5.56. The number of hydrogen-bond donors (Lipinski definition) is 2. The van der Waals surface area contributed by atoms with Crippen LogP contribution in [0.5, 0.6) is 0 Å². The Morgan fingerprint density at radius 3 is 2.15 bits per heavy atom. The van der Waals surface area contributed by atoms with E-state index in [0.717, 1.165) is 16.3 Å². The van der Waals surface area contributed by atoms with Crippen LogP contribution in [-0.2, 0) is 9.59 Å². The van der Waals surface area contributed by atoms with Gasteiger partial charge in [0, 0.05) is 18.2 Å². The number of hydrazone groups is 1. The van der Waals surface area contributed by atoms with E-state index in [4.69, 9.17) is 5.10 Å². The lowest BCUT2D eigenvalue weighted by molar-refractivity contribution is -0.127. The summed E-state index contributed by atoms with van der Waals surface area (Å²) in [5.74, 6) is -0.744. The molecule has 0 bridgehead atoms. The van der Waals surface area contributed by atoms with E-state index in [2.05, 4.69) is 10.6 Å². The maximum absolute atomic E-state index is 13.9. The van der Waals surface area contributed by atoms with E-state index in [-0.39, 0.29) is 5.91 Å². The summed E-state index contributed by atoms with van der Waals surface area (Å²) in [6.45, 7) is 1.39. The smallest absolute Gasteiger partial charge is 0.300 e. The average Bonchev–Trinajstić information content (AvgIpc) is 3.11. The van der Waals surface area contributed by atoms with Crippen molar-refractivity contribution in [1.82, 2.24) is 5.32 Å². The van der Waals surface area contributed by atoms with Crippen LogP contribution >= 0.6 is 0 Å². The molecule has 6 heteroatoms. The van der Waals surface area contributed by atoms with Crippen LogP contribution in [0.4, 0.5) is 11.4 Å². The topological polar surface area (TPSA) is 73.8 Å². The molecular weight excluding hydrogens is 412 g/mol. The van der Waals surface area contributed by atoms with E-state index < -0.39 is 11.6 Å². The van der Waals surface area contributed by atoms with Gasteiger partial charge in [-0.15, -0.1) is 0 Å². The number of hydrogen-bond acceptors (Lipinski definition) is 4. The summed E-state index contributed by atoms with van der Waals surface area (Å²) in [6, 6.07) is 32.4. The van der Waals surface area contributed by atoms with Gasteiger partial charge in [0.15, 0.2) is 0 Å². The molecule has 0 fully saturated rings. The fourth-order valence-corrected chi connectivity index (χ4v) is 4.09. The number of anilines is 2. The molecule has 1 unspecified atom stereocenters. The number of nitrogens with one attached hydrogen (secondary N) is 2. The minimum Gasteiger partial charge on any atom is -0.350 e. The van der Waals surface area contributed by atoms with Crippen LogP contribution in [0.2, 0.25) is 0 Å². The lowest BCUT2D eigenvalue weighted by atomic mass is 9.94. The summed E-state index contributed by atoms with van der Waals surface area (Å²) in [6.07, 6.45) is 0. The zero-order chi connectivity index (χ0) is 22.8. The lowest BCUT2D eigenvalue weighted by Gasteiger charge is -2.32. The number of benzene rings is 4. The summed E-state index contributed by atoms with van der Waals surface area (Å²) in [5, 5.41) is 14.3. The summed E-state index contributed by atoms with van der Waals surface area (Å²) in [7, 11) is 0. The second kappa shape index (κ2) is 8.24. The molecule has 0 aliphatic carbocycles. The first-order valence-corrected chi connectivity index (χ1v) is 10.7. The van der Waals surface area contributed by atoms with E-state index in [1.807, 2.05) is 103 Å². The van der Waals surface area contributed by atoms with Crippen LogP contribution in [-0.4, -0.2) is 23.2 Å². The Hall–Kier alpha value is -4.45. The van der Waals surface area contributed by atoms with E-state index in [0.29, 0.717) is 17.1 Å². The van der Waals surface area contributed by atoms with Gasteiger partial charge in [0.05, 0.1) is 5.69 Å². The summed E-state index contributed by atoms with van der Waals surface area (Å²) in [5.41, 5.74) is 0.871. The van der Waals surface area contributed by atoms with Crippen molar-refractivity contribution in [3.63, 3.8) is 0 Å². The molecule has 0 radical (unpaired) electrons. The van der Waals surface area contributed by atoms with Gasteiger partial charge in [-0.05, 0) is 41.1 Å². The highest BCUT2D eigenvalue weighted by Crippen LogP contribution is 2.32. The van der Waals surface area contributed by atoms with E-state index in [9.17, 15) is 9.59 Å². The van der Waals surface area contributed by atoms with Gasteiger partial charge in [0.25, 0.3) is 0 Å². The molecule has 0 saturated carbocycles. The molecule has 2 N–H and O–H groups in total. The molecule has 4 aromatic carbocycles. The van der Waals surface area contributed by atoms with Crippen molar-refractivity contribution in [2.24, 2.45) is 5.10 Å². The molecule has 4 aromatic rings. The molecule has 1 heterocycles. The van der Waals surface area contributed by atoms with Gasteiger partial charge in [0.1, 0.15) is 5.71 Å². The molecule has 1 aliphatic rings. The highest BCUT2D eigenvalue weighted by Gasteiger charge is 2.53. The van der Waals surface area contributed by atoms with E-state index >= 15 is 0 Å². The van der Waals surface area contributed by atoms with Crippen LogP contribution in [0.3, 0.4) is 0 Å². The zero-order valence-electron chi connectivity index (χ0n) is 18.0. The fraction of sp³-hybridized carbons (Fsp3) is 0.0741. The van der Waals surface area contributed by atoms with Crippen molar-refractivity contribution in [3.05, 3.63) is 109 Å². The standard InChI is InChI=1S/C27H22N4O2/c1-19(32)28-27(29-23-12-4-2-5-13-23)25(22-17-16-20-10-8-9-11-21(20)18-22)30-31(26(27)33)24-14-6-3-7-15-24/h2-18,29H,1H3,(H,28,32). The Balaban J connectivity index is 1.71. The Morgan fingerprint density at radius 2 is 1.45 bits per heavy atom. The zero-order valence-corrected chi connectivity index (χ0v) is 18.0. The van der Waals surface area contributed by atoms with Gasteiger partial charge in [-0.2, -0.15) is 10.1 Å². The van der Waals surface area contributed by atoms with Crippen molar-refractivity contribution in [3.8, 4) is 0 Å². The van der Waals surface area contributed by atoms with Gasteiger partial charge < -0.3 is 10.6 Å². The van der Waals surface area contributed by atoms with Crippen molar-refractivity contribution < 1.29 is 9.59 Å². The van der Waals surface area contributed by atoms with Crippen LogP contribution in [0.1, 0.15) is 12.5 Å². The quantitative estimate of drug-likeness (QED) is 0.453. The van der Waals surface area contributed by atoms with Gasteiger partial charge in [-0.1, -0.05) is 72.8 Å². The number of para-hydroxylation sites is 2. The third-order valence-electron chi connectivity index (χ3n) is 5.56. The lowest BCUT2D eigenvalue weighted by Crippen LogP contribution is -2.64. The summed E-state index contributed by atoms with van der Waals surface area (Å²) in [4.78, 5) is 26.3. The highest BCUT2D eigenvalue weighted by atomic mass is 16.2. The third kappa shape index (κ3) is 3.72. The first-order valence-electron chi connectivity index (χ1n) is 10.7. The minimum atomic E-state index is -1.58. The Morgan fingerprint density at radius 1 is 0.818 bits per heavy atom. The van der Waals surface area contributed by atoms with Crippen molar-refractivity contribution >= 4 is 39.7 Å². The van der Waals surface area contributed by atoms with Gasteiger partial charge >= 0.3 is 5.91 Å². The predicted molar refractivity (Wildman–Crippen MR) is 131 cm³/mol. The largest absolute Gasteiger partial charge is 0.350 e. The van der Waals surface area contributed by atoms with Crippen molar-refractivity contribution in [2.75, 3.05) is 10.3 Å². The SMILES string of the molecule is CC(=O)NC1(Nc2ccccc2)C(=O)N(c2ccccc2)N=C1c1ccc2ccccc2c1. The van der Waals surface area contributed by atoms with Crippen LogP contribution < -0.4 is 15.6 Å². The Labute approximate surface area is 191 Å². The van der Waals surface area contributed by atoms with Crippen LogP contribution in [0, 0.1) is 0 Å². The molecule has 0 aromatic heterocycles. The molecule has 33 heavy (non-hydrogen) atoms. The normalized spacial score (nSPS) is 17.7. The second-order valence-electron chi connectivity index (χ2n) is 7.89.